The van der Waals surface area contributed by atoms with Gasteiger partial charge in [0.2, 0.25) is 0 Å². The SMILES string of the molecule is CCCCCCCCCCCCOC(=O)/C=C/C(=O)OC1CC2CCC1C2. The van der Waals surface area contributed by atoms with Crippen molar-refractivity contribution in [2.45, 2.75) is 103 Å². The van der Waals surface area contributed by atoms with Crippen molar-refractivity contribution in [2.24, 2.45) is 11.8 Å². The maximum atomic E-state index is 11.8. The Bertz CT molecular complexity index is 471. The molecule has 2 rings (SSSR count). The van der Waals surface area contributed by atoms with Crippen LogP contribution in [0.25, 0.3) is 0 Å². The Labute approximate surface area is 165 Å². The van der Waals surface area contributed by atoms with Crippen LogP contribution in [0.4, 0.5) is 0 Å². The van der Waals surface area contributed by atoms with Crippen molar-refractivity contribution < 1.29 is 19.1 Å². The van der Waals surface area contributed by atoms with Crippen molar-refractivity contribution in [2.75, 3.05) is 6.61 Å². The van der Waals surface area contributed by atoms with Crippen LogP contribution in [0.15, 0.2) is 12.2 Å². The summed E-state index contributed by atoms with van der Waals surface area (Å²) in [7, 11) is 0. The summed E-state index contributed by atoms with van der Waals surface area (Å²) in [6.07, 6.45) is 19.6. The van der Waals surface area contributed by atoms with Crippen molar-refractivity contribution in [3.63, 3.8) is 0 Å². The molecule has 3 unspecified atom stereocenters. The Hall–Kier alpha value is -1.32. The second-order valence-corrected chi connectivity index (χ2v) is 8.33. The molecule has 2 aliphatic carbocycles. The van der Waals surface area contributed by atoms with E-state index in [0.717, 1.165) is 25.2 Å². The van der Waals surface area contributed by atoms with E-state index in [1.54, 1.807) is 0 Å². The fraction of sp³-hybridized carbons (Fsp3) is 0.826. The van der Waals surface area contributed by atoms with Crippen LogP contribution in [0.1, 0.15) is 96.8 Å². The summed E-state index contributed by atoms with van der Waals surface area (Å²) < 4.78 is 10.6. The highest BCUT2D eigenvalue weighted by Crippen LogP contribution is 2.45. The second-order valence-electron chi connectivity index (χ2n) is 8.33. The van der Waals surface area contributed by atoms with Gasteiger partial charge in [-0.25, -0.2) is 9.59 Å². The van der Waals surface area contributed by atoms with E-state index >= 15 is 0 Å². The molecule has 4 heteroatoms. The van der Waals surface area contributed by atoms with Crippen LogP contribution in [0.3, 0.4) is 0 Å². The van der Waals surface area contributed by atoms with Gasteiger partial charge in [0, 0.05) is 12.2 Å². The summed E-state index contributed by atoms with van der Waals surface area (Å²) >= 11 is 0. The number of unbranched alkanes of at least 4 members (excludes halogenated alkanes) is 9. The smallest absolute Gasteiger partial charge is 0.331 e. The highest BCUT2D eigenvalue weighted by molar-refractivity contribution is 5.91. The van der Waals surface area contributed by atoms with E-state index in [1.165, 1.54) is 82.8 Å². The zero-order valence-corrected chi connectivity index (χ0v) is 17.1. The van der Waals surface area contributed by atoms with Gasteiger partial charge in [0.15, 0.2) is 0 Å². The second kappa shape index (κ2) is 13.0. The van der Waals surface area contributed by atoms with Crippen molar-refractivity contribution >= 4 is 11.9 Å². The van der Waals surface area contributed by atoms with Gasteiger partial charge >= 0.3 is 11.9 Å². The maximum absolute atomic E-state index is 11.8. The molecule has 0 aromatic carbocycles. The van der Waals surface area contributed by atoms with E-state index in [0.29, 0.717) is 12.5 Å². The minimum atomic E-state index is -0.448. The van der Waals surface area contributed by atoms with Gasteiger partial charge in [-0.2, -0.15) is 0 Å². The summed E-state index contributed by atoms with van der Waals surface area (Å²) in [4.78, 5) is 23.5. The standard InChI is InChI=1S/C23H38O4/c1-2-3-4-5-6-7-8-9-10-11-16-26-22(24)14-15-23(25)27-21-18-19-12-13-20(21)17-19/h14-15,19-21H,2-13,16-18H2,1H3/b15-14+. The van der Waals surface area contributed by atoms with Gasteiger partial charge in [-0.05, 0) is 43.9 Å². The topological polar surface area (TPSA) is 52.6 Å². The Balaban J connectivity index is 1.40. The van der Waals surface area contributed by atoms with Crippen LogP contribution < -0.4 is 0 Å². The number of carbonyl (C=O) groups excluding carboxylic acids is 2. The van der Waals surface area contributed by atoms with Crippen LogP contribution in [-0.2, 0) is 19.1 Å². The van der Waals surface area contributed by atoms with Crippen LogP contribution >= 0.6 is 0 Å². The van der Waals surface area contributed by atoms with Gasteiger partial charge in [-0.1, -0.05) is 64.7 Å². The fourth-order valence-electron chi connectivity index (χ4n) is 4.47. The monoisotopic (exact) mass is 378 g/mol. The Kier molecular flexibility index (Phi) is 10.5. The van der Waals surface area contributed by atoms with Gasteiger partial charge in [-0.3, -0.25) is 0 Å². The Morgan fingerprint density at radius 2 is 1.44 bits per heavy atom. The molecule has 0 radical (unpaired) electrons. The van der Waals surface area contributed by atoms with Crippen LogP contribution in [-0.4, -0.2) is 24.6 Å². The van der Waals surface area contributed by atoms with Gasteiger partial charge in [0.25, 0.3) is 0 Å². The van der Waals surface area contributed by atoms with Crippen molar-refractivity contribution in [1.29, 1.82) is 0 Å². The average molecular weight is 379 g/mol. The van der Waals surface area contributed by atoms with E-state index in [-0.39, 0.29) is 6.10 Å². The van der Waals surface area contributed by atoms with E-state index < -0.39 is 11.9 Å². The van der Waals surface area contributed by atoms with Gasteiger partial charge < -0.3 is 9.47 Å². The van der Waals surface area contributed by atoms with E-state index in [1.807, 2.05) is 0 Å². The highest BCUT2D eigenvalue weighted by Gasteiger charge is 2.41. The number of fused-ring (bicyclic) bond motifs is 2. The van der Waals surface area contributed by atoms with Crippen molar-refractivity contribution in [3.8, 4) is 0 Å². The molecule has 2 fully saturated rings. The van der Waals surface area contributed by atoms with Crippen LogP contribution in [0.5, 0.6) is 0 Å². The molecule has 2 bridgehead atoms. The summed E-state index contributed by atoms with van der Waals surface area (Å²) in [5.41, 5.74) is 0. The molecule has 2 saturated carbocycles. The molecule has 2 aliphatic rings. The lowest BCUT2D eigenvalue weighted by Crippen LogP contribution is -2.23. The first kappa shape index (κ1) is 22.0. The number of rotatable bonds is 14. The van der Waals surface area contributed by atoms with E-state index in [2.05, 4.69) is 6.92 Å². The first-order valence-electron chi connectivity index (χ1n) is 11.2. The van der Waals surface area contributed by atoms with Crippen LogP contribution in [0, 0.1) is 11.8 Å². The number of hydrogen-bond donors (Lipinski definition) is 0. The maximum Gasteiger partial charge on any atom is 0.331 e. The number of carbonyl (C=O) groups is 2. The molecule has 0 aliphatic heterocycles. The van der Waals surface area contributed by atoms with E-state index in [9.17, 15) is 9.59 Å². The molecule has 0 heterocycles. The minimum Gasteiger partial charge on any atom is -0.463 e. The lowest BCUT2D eigenvalue weighted by atomic mass is 9.98. The zero-order chi connectivity index (χ0) is 19.3. The third-order valence-electron chi connectivity index (χ3n) is 6.04. The minimum absolute atomic E-state index is 0.0589. The molecular weight excluding hydrogens is 340 g/mol. The zero-order valence-electron chi connectivity index (χ0n) is 17.1. The molecule has 0 aromatic rings. The largest absolute Gasteiger partial charge is 0.463 e. The molecule has 0 N–H and O–H groups in total. The predicted octanol–water partition coefficient (Wildman–Crippen LogP) is 5.74. The predicted molar refractivity (Wildman–Crippen MR) is 107 cm³/mol. The number of hydrogen-bond acceptors (Lipinski definition) is 4. The summed E-state index contributed by atoms with van der Waals surface area (Å²) in [6, 6.07) is 0. The molecule has 154 valence electrons. The summed E-state index contributed by atoms with van der Waals surface area (Å²) in [6.45, 7) is 2.68. The van der Waals surface area contributed by atoms with Gasteiger partial charge in [0.05, 0.1) is 6.61 Å². The molecular formula is C23H38O4. The average Bonchev–Trinajstić information content (AvgIpc) is 3.27. The lowest BCUT2D eigenvalue weighted by Gasteiger charge is -2.20. The molecule has 27 heavy (non-hydrogen) atoms. The molecule has 4 nitrogen and oxygen atoms in total. The summed E-state index contributed by atoms with van der Waals surface area (Å²) in [5, 5.41) is 0. The highest BCUT2D eigenvalue weighted by atomic mass is 16.5. The molecule has 0 aromatic heterocycles. The van der Waals surface area contributed by atoms with E-state index in [4.69, 9.17) is 9.47 Å². The van der Waals surface area contributed by atoms with Gasteiger partial charge in [-0.15, -0.1) is 0 Å². The van der Waals surface area contributed by atoms with Gasteiger partial charge in [0.1, 0.15) is 6.10 Å². The Morgan fingerprint density at radius 1 is 0.815 bits per heavy atom. The first-order valence-corrected chi connectivity index (χ1v) is 11.2. The normalized spacial score (nSPS) is 23.8. The van der Waals surface area contributed by atoms with Crippen molar-refractivity contribution in [3.05, 3.63) is 12.2 Å². The number of esters is 2. The summed E-state index contributed by atoms with van der Waals surface area (Å²) in [5.74, 6) is 0.415. The first-order chi connectivity index (χ1) is 13.2. The molecule has 3 atom stereocenters. The molecule has 0 amide bonds. The molecule has 0 saturated heterocycles. The van der Waals surface area contributed by atoms with Crippen LogP contribution in [0.2, 0.25) is 0 Å². The lowest BCUT2D eigenvalue weighted by molar-refractivity contribution is -0.146. The fourth-order valence-corrected chi connectivity index (χ4v) is 4.47. The third-order valence-corrected chi connectivity index (χ3v) is 6.04. The molecule has 0 spiro atoms. The Morgan fingerprint density at radius 3 is 2.04 bits per heavy atom. The number of ether oxygens (including phenoxy) is 2. The third kappa shape index (κ3) is 8.94. The van der Waals surface area contributed by atoms with Crippen molar-refractivity contribution in [1.82, 2.24) is 0 Å². The quantitative estimate of drug-likeness (QED) is 0.220.